The third-order valence-corrected chi connectivity index (χ3v) is 17.9. The molecule has 100 heavy (non-hydrogen) atoms. The van der Waals surface area contributed by atoms with E-state index < -0.39 is 24.3 Å². The number of carboxylic acids is 1. The van der Waals surface area contributed by atoms with Gasteiger partial charge in [-0.2, -0.15) is 0 Å². The molecule has 0 aliphatic heterocycles. The van der Waals surface area contributed by atoms with Crippen molar-refractivity contribution in [1.82, 2.24) is 0 Å². The molecule has 0 saturated heterocycles. The van der Waals surface area contributed by atoms with E-state index in [4.69, 9.17) is 18.9 Å². The highest BCUT2D eigenvalue weighted by molar-refractivity contribution is 5.70. The Morgan fingerprint density at radius 1 is 0.310 bits per heavy atom. The van der Waals surface area contributed by atoms with E-state index >= 15 is 0 Å². The van der Waals surface area contributed by atoms with Crippen molar-refractivity contribution in [2.45, 2.75) is 367 Å². The molecule has 2 unspecified atom stereocenters. The number of carbonyl (C=O) groups excluding carboxylic acids is 3. The van der Waals surface area contributed by atoms with Crippen LogP contribution in [0.5, 0.6) is 0 Å². The molecule has 0 aromatic heterocycles. The standard InChI is InChI=1S/C91H155NO8/c1-6-8-10-12-14-16-18-20-22-24-26-28-30-32-34-36-38-40-42-44-45-46-48-50-52-54-56-58-60-62-64-66-68-70-72-74-76-78-80-82-89(94)100-87(86-99-91(90(95)96)97-84-83-92(3,4)5)85-98-88(93)81-79-77-75-73-71-69-67-65-63-61-59-57-55-53-51-49-47-43-41-39-37-35-33-31-29-27-25-23-21-19-17-15-13-11-9-7-2/h8,10,14,16,20,22,26,28,32,34,38,40,44-45,48,50,54,56,60,62,66,68,72,74,87,91H,6-7,9,11-13,15,17-19,21,23-25,27,29-31,33,35-37,39,41-43,46-47,49,51-53,55,57-59,61,63-65,67,69-71,73,75-86H2,1-5H3/b10-8-,16-14-,22-20-,28-26-,34-32-,40-38-,45-44-,50-48-,56-54-,62-60-,68-66-,74-72-. The van der Waals surface area contributed by atoms with Crippen molar-refractivity contribution in [2.24, 2.45) is 0 Å². The second kappa shape index (κ2) is 79.9. The molecule has 0 radical (unpaired) electrons. The summed E-state index contributed by atoms with van der Waals surface area (Å²) in [5, 5.41) is 11.9. The Balaban J connectivity index is 4.12. The van der Waals surface area contributed by atoms with Crippen LogP contribution in [0.15, 0.2) is 146 Å². The van der Waals surface area contributed by atoms with Gasteiger partial charge in [-0.15, -0.1) is 0 Å². The lowest BCUT2D eigenvalue weighted by atomic mass is 10.0. The molecule has 2 atom stereocenters. The minimum Gasteiger partial charge on any atom is -0.545 e. The van der Waals surface area contributed by atoms with Crippen molar-refractivity contribution in [3.63, 3.8) is 0 Å². The van der Waals surface area contributed by atoms with Gasteiger partial charge in [-0.25, -0.2) is 0 Å². The fourth-order valence-corrected chi connectivity index (χ4v) is 11.6. The van der Waals surface area contributed by atoms with E-state index in [1.54, 1.807) is 0 Å². The maximum atomic E-state index is 13.0. The van der Waals surface area contributed by atoms with Crippen LogP contribution >= 0.6 is 0 Å². The fourth-order valence-electron chi connectivity index (χ4n) is 11.6. The van der Waals surface area contributed by atoms with Gasteiger partial charge in [-0.1, -0.05) is 384 Å². The predicted octanol–water partition coefficient (Wildman–Crippen LogP) is 25.6. The smallest absolute Gasteiger partial charge is 0.306 e. The highest BCUT2D eigenvalue weighted by atomic mass is 16.7. The normalized spacial score (nSPS) is 13.4. The first-order valence-electron chi connectivity index (χ1n) is 41.5. The number of quaternary nitrogens is 1. The number of esters is 2. The predicted molar refractivity (Wildman–Crippen MR) is 430 cm³/mol. The lowest BCUT2D eigenvalue weighted by molar-refractivity contribution is -0.870. The lowest BCUT2D eigenvalue weighted by Crippen LogP contribution is -2.44. The maximum Gasteiger partial charge on any atom is 0.306 e. The molecule has 0 aromatic carbocycles. The summed E-state index contributed by atoms with van der Waals surface area (Å²) in [5.41, 5.74) is 0. The number of ether oxygens (including phenoxy) is 4. The van der Waals surface area contributed by atoms with Crippen molar-refractivity contribution < 1.29 is 42.9 Å². The first kappa shape index (κ1) is 95.2. The Labute approximate surface area is 617 Å². The molecular weight excluding hydrogens is 1230 g/mol. The van der Waals surface area contributed by atoms with Gasteiger partial charge in [0.1, 0.15) is 13.2 Å². The van der Waals surface area contributed by atoms with Gasteiger partial charge < -0.3 is 33.3 Å². The van der Waals surface area contributed by atoms with Gasteiger partial charge in [-0.3, -0.25) is 9.59 Å². The SMILES string of the molecule is CC/C=C\C/C=C\C/C=C\C/C=C\C/C=C\C/C=C\C/C=C\C/C=C\C/C=C\C/C=C\C/C=C\C/C=C\CCCCC(=O)OC(COC(=O)CCCCCCCCCCCCCCCCCCCCCCCCCCCCCCCCCCCCCC)COC(OCC[N+](C)(C)C)C(=O)[O-]. The van der Waals surface area contributed by atoms with Crippen molar-refractivity contribution in [3.8, 4) is 0 Å². The average molecular weight is 1390 g/mol. The molecule has 0 fully saturated rings. The van der Waals surface area contributed by atoms with E-state index in [-0.39, 0.29) is 38.6 Å². The van der Waals surface area contributed by atoms with Crippen LogP contribution in [0.2, 0.25) is 0 Å². The zero-order valence-electron chi connectivity index (χ0n) is 65.5. The molecule has 0 heterocycles. The van der Waals surface area contributed by atoms with Crippen LogP contribution in [0.1, 0.15) is 354 Å². The number of allylic oxidation sites excluding steroid dienone is 24. The Kier molecular flexibility index (Phi) is 76.0. The second-order valence-corrected chi connectivity index (χ2v) is 28.7. The Morgan fingerprint density at radius 3 is 0.850 bits per heavy atom. The Morgan fingerprint density at radius 2 is 0.570 bits per heavy atom. The zero-order chi connectivity index (χ0) is 72.5. The van der Waals surface area contributed by atoms with Gasteiger partial charge in [0, 0.05) is 12.8 Å². The van der Waals surface area contributed by atoms with Crippen LogP contribution in [0.25, 0.3) is 0 Å². The van der Waals surface area contributed by atoms with Crippen molar-refractivity contribution in [1.29, 1.82) is 0 Å². The zero-order valence-corrected chi connectivity index (χ0v) is 65.5. The molecule has 9 heteroatoms. The monoisotopic (exact) mass is 1390 g/mol. The molecular formula is C91H155NO8. The summed E-state index contributed by atoms with van der Waals surface area (Å²) in [4.78, 5) is 37.6. The van der Waals surface area contributed by atoms with E-state index in [2.05, 4.69) is 160 Å². The highest BCUT2D eigenvalue weighted by Crippen LogP contribution is 2.19. The minimum atomic E-state index is -1.64. The van der Waals surface area contributed by atoms with Crippen LogP contribution < -0.4 is 5.11 Å². The van der Waals surface area contributed by atoms with Gasteiger partial charge >= 0.3 is 11.9 Å². The van der Waals surface area contributed by atoms with Crippen molar-refractivity contribution in [3.05, 3.63) is 146 Å². The highest BCUT2D eigenvalue weighted by Gasteiger charge is 2.22. The van der Waals surface area contributed by atoms with E-state index in [9.17, 15) is 19.5 Å². The largest absolute Gasteiger partial charge is 0.545 e. The molecule has 0 aliphatic carbocycles. The molecule has 0 saturated carbocycles. The molecule has 0 rings (SSSR count). The summed E-state index contributed by atoms with van der Waals surface area (Å²) in [7, 11) is 5.92. The number of hydrogen-bond acceptors (Lipinski definition) is 8. The summed E-state index contributed by atoms with van der Waals surface area (Å²) in [5.74, 6) is -2.34. The van der Waals surface area contributed by atoms with Gasteiger partial charge in [0.05, 0.1) is 40.3 Å². The number of aliphatic carboxylic acids is 1. The van der Waals surface area contributed by atoms with Crippen LogP contribution in [0.3, 0.4) is 0 Å². The van der Waals surface area contributed by atoms with E-state index in [1.165, 1.54) is 212 Å². The van der Waals surface area contributed by atoms with Gasteiger partial charge in [0.15, 0.2) is 12.4 Å². The molecule has 572 valence electrons. The first-order chi connectivity index (χ1) is 49.1. The van der Waals surface area contributed by atoms with Gasteiger partial charge in [0.25, 0.3) is 0 Å². The Bertz CT molecular complexity index is 2160. The molecule has 9 nitrogen and oxygen atoms in total. The average Bonchev–Trinajstić information content (AvgIpc) is 1.08. The third kappa shape index (κ3) is 80.5. The summed E-state index contributed by atoms with van der Waals surface area (Å²) in [6.45, 7) is 4.61. The lowest BCUT2D eigenvalue weighted by Gasteiger charge is -2.26. The minimum absolute atomic E-state index is 0.133. The van der Waals surface area contributed by atoms with Gasteiger partial charge in [0.2, 0.25) is 0 Å². The second-order valence-electron chi connectivity index (χ2n) is 28.7. The van der Waals surface area contributed by atoms with Crippen LogP contribution in [0, 0.1) is 0 Å². The van der Waals surface area contributed by atoms with E-state index in [0.29, 0.717) is 17.4 Å². The van der Waals surface area contributed by atoms with E-state index in [1.807, 2.05) is 21.1 Å². The van der Waals surface area contributed by atoms with Crippen LogP contribution in [-0.2, 0) is 33.3 Å². The maximum absolute atomic E-state index is 13.0. The number of carbonyl (C=O) groups is 3. The van der Waals surface area contributed by atoms with Crippen molar-refractivity contribution in [2.75, 3.05) is 47.5 Å². The quantitative estimate of drug-likeness (QED) is 0.0195. The fraction of sp³-hybridized carbons (Fsp3) is 0.703. The summed E-state index contributed by atoms with van der Waals surface area (Å²) in [6.07, 6.45) is 114. The molecule has 0 aromatic rings. The summed E-state index contributed by atoms with van der Waals surface area (Å²) < 4.78 is 22.8. The van der Waals surface area contributed by atoms with E-state index in [0.717, 1.165) is 109 Å². The third-order valence-electron chi connectivity index (χ3n) is 17.9. The molecule has 0 bridgehead atoms. The van der Waals surface area contributed by atoms with Crippen LogP contribution in [0.4, 0.5) is 0 Å². The number of unbranched alkanes of at least 4 members (excludes halogenated alkanes) is 37. The number of rotatable bonds is 76. The summed E-state index contributed by atoms with van der Waals surface area (Å²) in [6, 6.07) is 0. The van der Waals surface area contributed by atoms with Crippen LogP contribution in [-0.4, -0.2) is 82.3 Å². The van der Waals surface area contributed by atoms with Crippen molar-refractivity contribution >= 4 is 17.9 Å². The number of nitrogens with zero attached hydrogens (tertiary/aromatic N) is 1. The molecule has 0 N–H and O–H groups in total. The molecule has 0 aliphatic rings. The molecule has 0 amide bonds. The number of carboxylic acid groups (broad SMARTS) is 1. The number of likely N-dealkylation sites (N-methyl/N-ethyl adjacent to an activating group) is 1. The Hall–Kier alpha value is -4.83. The van der Waals surface area contributed by atoms with Gasteiger partial charge in [-0.05, 0) is 103 Å². The molecule has 0 spiro atoms. The number of hydrogen-bond donors (Lipinski definition) is 0. The summed E-state index contributed by atoms with van der Waals surface area (Å²) >= 11 is 0. The first-order valence-corrected chi connectivity index (χ1v) is 41.5. The topological polar surface area (TPSA) is 111 Å².